The summed E-state index contributed by atoms with van der Waals surface area (Å²) in [6.45, 7) is 1.67. The highest BCUT2D eigenvalue weighted by atomic mass is 79.9. The van der Waals surface area contributed by atoms with Crippen molar-refractivity contribution in [1.29, 1.82) is 0 Å². The number of carbonyl (C=O) groups is 1. The number of rotatable bonds is 1. The molecule has 0 fully saturated rings. The second kappa shape index (κ2) is 3.64. The number of amides is 1. The van der Waals surface area contributed by atoms with Crippen LogP contribution in [0.1, 0.15) is 15.9 Å². The van der Waals surface area contributed by atoms with Crippen molar-refractivity contribution in [2.45, 2.75) is 6.92 Å². The lowest BCUT2D eigenvalue weighted by Crippen LogP contribution is -2.14. The fourth-order valence-electron chi connectivity index (χ4n) is 0.946. The summed E-state index contributed by atoms with van der Waals surface area (Å²) in [5.41, 5.74) is 5.30. The molecule has 0 radical (unpaired) electrons. The Bertz CT molecular complexity index is 355. The van der Waals surface area contributed by atoms with Crippen molar-refractivity contribution >= 4 is 33.4 Å². The molecule has 2 nitrogen and oxygen atoms in total. The molecule has 1 amide bonds. The van der Waals surface area contributed by atoms with Gasteiger partial charge in [-0.15, -0.1) is 0 Å². The third-order valence-corrected chi connectivity index (χ3v) is 2.65. The Kier molecular flexibility index (Phi) is 2.93. The molecule has 0 bridgehead atoms. The van der Waals surface area contributed by atoms with Crippen LogP contribution in [0.25, 0.3) is 0 Å². The summed E-state index contributed by atoms with van der Waals surface area (Å²) in [5, 5.41) is 0.0631. The average molecular weight is 266 g/mol. The Morgan fingerprint density at radius 2 is 2.23 bits per heavy atom. The molecule has 0 atom stereocenters. The van der Waals surface area contributed by atoms with Gasteiger partial charge in [0.25, 0.3) is 5.91 Å². The van der Waals surface area contributed by atoms with Crippen molar-refractivity contribution in [2.75, 3.05) is 0 Å². The zero-order valence-electron chi connectivity index (χ0n) is 6.70. The lowest BCUT2D eigenvalue weighted by Gasteiger charge is -2.06. The number of hydrogen-bond donors (Lipinski definition) is 1. The molecule has 70 valence electrons. The predicted octanol–water partition coefficient (Wildman–Crippen LogP) is 2.65. The van der Waals surface area contributed by atoms with Gasteiger partial charge in [0.15, 0.2) is 5.82 Å². The SMILES string of the molecule is Cc1cc(Br)c(F)c(C(N)=O)c1Cl. The summed E-state index contributed by atoms with van der Waals surface area (Å²) in [6.07, 6.45) is 0. The predicted molar refractivity (Wildman–Crippen MR) is 52.4 cm³/mol. The van der Waals surface area contributed by atoms with E-state index in [0.717, 1.165) is 0 Å². The molecular weight excluding hydrogens is 260 g/mol. The molecule has 0 spiro atoms. The first-order valence-corrected chi connectivity index (χ1v) is 4.56. The number of hydrogen-bond acceptors (Lipinski definition) is 1. The van der Waals surface area contributed by atoms with Gasteiger partial charge in [-0.2, -0.15) is 0 Å². The van der Waals surface area contributed by atoms with Gasteiger partial charge in [-0.3, -0.25) is 4.79 Å². The third-order valence-electron chi connectivity index (χ3n) is 1.58. The lowest BCUT2D eigenvalue weighted by atomic mass is 10.1. The highest BCUT2D eigenvalue weighted by molar-refractivity contribution is 9.10. The molecule has 0 aliphatic heterocycles. The molecule has 0 saturated carbocycles. The molecule has 0 aliphatic carbocycles. The van der Waals surface area contributed by atoms with Crippen molar-refractivity contribution in [1.82, 2.24) is 0 Å². The Balaban J connectivity index is 3.56. The molecular formula is C8H6BrClFNO. The van der Waals surface area contributed by atoms with Crippen LogP contribution in [-0.4, -0.2) is 5.91 Å². The smallest absolute Gasteiger partial charge is 0.253 e. The van der Waals surface area contributed by atoms with Crippen molar-refractivity contribution in [3.05, 3.63) is 32.5 Å². The van der Waals surface area contributed by atoms with Crippen LogP contribution in [-0.2, 0) is 0 Å². The quantitative estimate of drug-likeness (QED) is 0.780. The van der Waals surface area contributed by atoms with Gasteiger partial charge in [-0.05, 0) is 34.5 Å². The Morgan fingerprint density at radius 3 is 2.69 bits per heavy atom. The van der Waals surface area contributed by atoms with E-state index < -0.39 is 11.7 Å². The fraction of sp³-hybridized carbons (Fsp3) is 0.125. The van der Waals surface area contributed by atoms with E-state index >= 15 is 0 Å². The van der Waals surface area contributed by atoms with E-state index in [9.17, 15) is 9.18 Å². The van der Waals surface area contributed by atoms with Crippen LogP contribution in [0.5, 0.6) is 0 Å². The minimum Gasteiger partial charge on any atom is -0.365 e. The van der Waals surface area contributed by atoms with Crippen molar-refractivity contribution in [2.24, 2.45) is 5.73 Å². The second-order valence-corrected chi connectivity index (χ2v) is 3.77. The number of aryl methyl sites for hydroxylation is 1. The first-order valence-electron chi connectivity index (χ1n) is 3.39. The van der Waals surface area contributed by atoms with Crippen molar-refractivity contribution in [3.63, 3.8) is 0 Å². The highest BCUT2D eigenvalue weighted by Gasteiger charge is 2.17. The van der Waals surface area contributed by atoms with Gasteiger partial charge in [0.05, 0.1) is 15.1 Å². The molecule has 0 unspecified atom stereocenters. The van der Waals surface area contributed by atoms with E-state index in [0.29, 0.717) is 5.56 Å². The van der Waals surface area contributed by atoms with E-state index in [1.165, 1.54) is 6.07 Å². The van der Waals surface area contributed by atoms with Crippen LogP contribution in [0.3, 0.4) is 0 Å². The first kappa shape index (κ1) is 10.5. The van der Waals surface area contributed by atoms with E-state index in [1.807, 2.05) is 0 Å². The Hall–Kier alpha value is -0.610. The van der Waals surface area contributed by atoms with E-state index in [2.05, 4.69) is 15.9 Å². The summed E-state index contributed by atoms with van der Waals surface area (Å²) in [5.74, 6) is -1.59. The number of halogens is 3. The summed E-state index contributed by atoms with van der Waals surface area (Å²) in [4.78, 5) is 10.8. The van der Waals surface area contributed by atoms with E-state index in [1.54, 1.807) is 6.92 Å². The minimum absolute atomic E-state index is 0.0631. The molecule has 2 N–H and O–H groups in total. The van der Waals surface area contributed by atoms with Gasteiger partial charge < -0.3 is 5.73 Å². The average Bonchev–Trinajstić information content (AvgIpc) is 2.01. The zero-order valence-corrected chi connectivity index (χ0v) is 9.04. The van der Waals surface area contributed by atoms with E-state index in [4.69, 9.17) is 17.3 Å². The highest BCUT2D eigenvalue weighted by Crippen LogP contribution is 2.28. The molecule has 0 aliphatic rings. The molecule has 0 saturated heterocycles. The van der Waals surface area contributed by atoms with Crippen molar-refractivity contribution in [3.8, 4) is 0 Å². The molecule has 13 heavy (non-hydrogen) atoms. The summed E-state index contributed by atoms with van der Waals surface area (Å²) in [6, 6.07) is 1.49. The van der Waals surface area contributed by atoms with Crippen LogP contribution in [0.2, 0.25) is 5.02 Å². The van der Waals surface area contributed by atoms with Gasteiger partial charge in [-0.25, -0.2) is 4.39 Å². The lowest BCUT2D eigenvalue weighted by molar-refractivity contribution is 0.0996. The number of carbonyl (C=O) groups excluding carboxylic acids is 1. The molecule has 5 heteroatoms. The zero-order chi connectivity index (χ0) is 10.2. The minimum atomic E-state index is -0.869. The Morgan fingerprint density at radius 1 is 1.69 bits per heavy atom. The molecule has 0 heterocycles. The van der Waals surface area contributed by atoms with Gasteiger partial charge in [0.2, 0.25) is 0 Å². The van der Waals surface area contributed by atoms with E-state index in [-0.39, 0.29) is 15.1 Å². The number of primary amides is 1. The van der Waals surface area contributed by atoms with Gasteiger partial charge in [0, 0.05) is 0 Å². The monoisotopic (exact) mass is 265 g/mol. The van der Waals surface area contributed by atoms with Crippen molar-refractivity contribution < 1.29 is 9.18 Å². The molecule has 0 aromatic heterocycles. The number of nitrogens with two attached hydrogens (primary N) is 1. The molecule has 1 aromatic rings. The summed E-state index contributed by atoms with van der Waals surface area (Å²) < 4.78 is 13.4. The summed E-state index contributed by atoms with van der Waals surface area (Å²) in [7, 11) is 0. The normalized spacial score (nSPS) is 10.2. The maximum atomic E-state index is 13.3. The largest absolute Gasteiger partial charge is 0.365 e. The summed E-state index contributed by atoms with van der Waals surface area (Å²) >= 11 is 8.66. The van der Waals surface area contributed by atoms with Crippen LogP contribution in [0, 0.1) is 12.7 Å². The van der Waals surface area contributed by atoms with Crippen LogP contribution >= 0.6 is 27.5 Å². The Labute approximate surface area is 88.0 Å². The maximum absolute atomic E-state index is 13.3. The standard InChI is InChI=1S/C8H6BrClFNO/c1-3-2-4(9)7(11)5(6(3)10)8(12)13/h2H,1H3,(H2,12,13). The van der Waals surface area contributed by atoms with Crippen LogP contribution in [0.15, 0.2) is 10.5 Å². The maximum Gasteiger partial charge on any atom is 0.253 e. The van der Waals surface area contributed by atoms with Gasteiger partial charge >= 0.3 is 0 Å². The topological polar surface area (TPSA) is 43.1 Å². The molecule has 1 aromatic carbocycles. The van der Waals surface area contributed by atoms with Gasteiger partial charge in [-0.1, -0.05) is 11.6 Å². The van der Waals surface area contributed by atoms with Crippen LogP contribution < -0.4 is 5.73 Å². The second-order valence-electron chi connectivity index (χ2n) is 2.54. The third kappa shape index (κ3) is 1.84. The first-order chi connectivity index (χ1) is 5.95. The van der Waals surface area contributed by atoms with Gasteiger partial charge in [0.1, 0.15) is 0 Å². The van der Waals surface area contributed by atoms with Crippen LogP contribution in [0.4, 0.5) is 4.39 Å². The number of benzene rings is 1. The fourth-order valence-corrected chi connectivity index (χ4v) is 1.72. The molecule has 1 rings (SSSR count).